The van der Waals surface area contributed by atoms with Crippen LogP contribution in [-0.4, -0.2) is 24.9 Å². The molecule has 116 valence electrons. The third-order valence-corrected chi connectivity index (χ3v) is 3.10. The van der Waals surface area contributed by atoms with Gasteiger partial charge in [0.15, 0.2) is 11.6 Å². The second-order valence-corrected chi connectivity index (χ2v) is 4.59. The summed E-state index contributed by atoms with van der Waals surface area (Å²) in [5, 5.41) is 14.5. The fourth-order valence-electron chi connectivity index (χ4n) is 1.99. The van der Waals surface area contributed by atoms with Gasteiger partial charge < -0.3 is 20.5 Å². The van der Waals surface area contributed by atoms with Crippen molar-refractivity contribution in [1.82, 2.24) is 5.32 Å². The van der Waals surface area contributed by atoms with Crippen molar-refractivity contribution in [3.63, 3.8) is 0 Å². The van der Waals surface area contributed by atoms with E-state index in [1.807, 2.05) is 18.2 Å². The molecule has 0 aromatic heterocycles. The zero-order valence-electron chi connectivity index (χ0n) is 12.0. The molecule has 1 atom stereocenters. The van der Waals surface area contributed by atoms with Gasteiger partial charge in [0.25, 0.3) is 0 Å². The number of carbonyl (C=O) groups is 1. The molecule has 2 aromatic carbocycles. The SMILES string of the molecule is COc1ccc(NC(=O)NC(CO)c2ccccc2)cc1F. The van der Waals surface area contributed by atoms with E-state index in [0.29, 0.717) is 5.69 Å². The molecule has 0 fully saturated rings. The van der Waals surface area contributed by atoms with Gasteiger partial charge in [-0.1, -0.05) is 30.3 Å². The Balaban J connectivity index is 2.01. The highest BCUT2D eigenvalue weighted by molar-refractivity contribution is 5.89. The summed E-state index contributed by atoms with van der Waals surface area (Å²) in [7, 11) is 1.37. The third kappa shape index (κ3) is 3.95. The van der Waals surface area contributed by atoms with Gasteiger partial charge in [-0.15, -0.1) is 0 Å². The molecule has 0 heterocycles. The number of nitrogens with one attached hydrogen (secondary N) is 2. The first-order valence-corrected chi connectivity index (χ1v) is 6.71. The van der Waals surface area contributed by atoms with Gasteiger partial charge in [-0.2, -0.15) is 0 Å². The maximum absolute atomic E-state index is 13.6. The van der Waals surface area contributed by atoms with Crippen molar-refractivity contribution in [3.05, 3.63) is 59.9 Å². The van der Waals surface area contributed by atoms with Crippen LogP contribution >= 0.6 is 0 Å². The predicted molar refractivity (Wildman–Crippen MR) is 81.4 cm³/mol. The van der Waals surface area contributed by atoms with Crippen LogP contribution < -0.4 is 15.4 Å². The van der Waals surface area contributed by atoms with E-state index >= 15 is 0 Å². The Morgan fingerprint density at radius 2 is 2.00 bits per heavy atom. The Morgan fingerprint density at radius 1 is 1.27 bits per heavy atom. The normalized spacial score (nSPS) is 11.6. The number of aliphatic hydroxyl groups excluding tert-OH is 1. The van der Waals surface area contributed by atoms with E-state index in [1.165, 1.54) is 19.2 Å². The first-order chi connectivity index (χ1) is 10.6. The number of rotatable bonds is 5. The summed E-state index contributed by atoms with van der Waals surface area (Å²) in [6.45, 7) is -0.242. The van der Waals surface area contributed by atoms with E-state index in [9.17, 15) is 14.3 Å². The summed E-state index contributed by atoms with van der Waals surface area (Å²) in [6, 6.07) is 12.1. The van der Waals surface area contributed by atoms with Gasteiger partial charge in [-0.25, -0.2) is 9.18 Å². The summed E-state index contributed by atoms with van der Waals surface area (Å²) in [4.78, 5) is 11.9. The summed E-state index contributed by atoms with van der Waals surface area (Å²) in [6.07, 6.45) is 0. The van der Waals surface area contributed by atoms with Gasteiger partial charge in [0.05, 0.1) is 19.8 Å². The van der Waals surface area contributed by atoms with Crippen LogP contribution in [0.25, 0.3) is 0 Å². The van der Waals surface area contributed by atoms with Crippen LogP contribution in [0.15, 0.2) is 48.5 Å². The van der Waals surface area contributed by atoms with Crippen LogP contribution in [0.2, 0.25) is 0 Å². The van der Waals surface area contributed by atoms with Crippen molar-refractivity contribution >= 4 is 11.7 Å². The van der Waals surface area contributed by atoms with E-state index in [-0.39, 0.29) is 12.4 Å². The highest BCUT2D eigenvalue weighted by Crippen LogP contribution is 2.20. The highest BCUT2D eigenvalue weighted by Gasteiger charge is 2.14. The van der Waals surface area contributed by atoms with Gasteiger partial charge in [-0.05, 0) is 17.7 Å². The molecule has 22 heavy (non-hydrogen) atoms. The van der Waals surface area contributed by atoms with Crippen LogP contribution in [0.4, 0.5) is 14.9 Å². The van der Waals surface area contributed by atoms with Crippen LogP contribution in [0, 0.1) is 5.82 Å². The summed E-state index contributed by atoms with van der Waals surface area (Å²) in [5.41, 5.74) is 1.07. The predicted octanol–water partition coefficient (Wildman–Crippen LogP) is 2.69. The van der Waals surface area contributed by atoms with Crippen LogP contribution in [-0.2, 0) is 0 Å². The van der Waals surface area contributed by atoms with Crippen molar-refractivity contribution in [2.45, 2.75) is 6.04 Å². The molecular formula is C16H17FN2O3. The Hall–Kier alpha value is -2.60. The molecule has 2 aromatic rings. The monoisotopic (exact) mass is 304 g/mol. The topological polar surface area (TPSA) is 70.6 Å². The van der Waals surface area contributed by atoms with Gasteiger partial charge in [-0.3, -0.25) is 0 Å². The minimum absolute atomic E-state index is 0.100. The highest BCUT2D eigenvalue weighted by atomic mass is 19.1. The van der Waals surface area contributed by atoms with E-state index in [1.54, 1.807) is 12.1 Å². The van der Waals surface area contributed by atoms with Crippen LogP contribution in [0.3, 0.4) is 0 Å². The Labute approximate surface area is 127 Å². The molecule has 0 aliphatic heterocycles. The van der Waals surface area contributed by atoms with E-state index < -0.39 is 17.9 Å². The molecule has 0 saturated carbocycles. The smallest absolute Gasteiger partial charge is 0.319 e. The van der Waals surface area contributed by atoms with Crippen molar-refractivity contribution in [3.8, 4) is 5.75 Å². The van der Waals surface area contributed by atoms with Crippen LogP contribution in [0.1, 0.15) is 11.6 Å². The number of ether oxygens (including phenoxy) is 1. The van der Waals surface area contributed by atoms with E-state index in [2.05, 4.69) is 10.6 Å². The molecule has 0 saturated heterocycles. The minimum Gasteiger partial charge on any atom is -0.494 e. The van der Waals surface area contributed by atoms with Crippen molar-refractivity contribution < 1.29 is 19.0 Å². The van der Waals surface area contributed by atoms with Gasteiger partial charge in [0.1, 0.15) is 0 Å². The van der Waals surface area contributed by atoms with Crippen molar-refractivity contribution in [1.29, 1.82) is 0 Å². The fourth-order valence-corrected chi connectivity index (χ4v) is 1.99. The Kier molecular flexibility index (Phi) is 5.32. The number of benzene rings is 2. The second-order valence-electron chi connectivity index (χ2n) is 4.59. The molecule has 0 spiro atoms. The molecule has 3 N–H and O–H groups in total. The number of anilines is 1. The average Bonchev–Trinajstić information content (AvgIpc) is 2.53. The number of hydrogen-bond acceptors (Lipinski definition) is 3. The quantitative estimate of drug-likeness (QED) is 0.795. The maximum Gasteiger partial charge on any atom is 0.319 e. The number of urea groups is 1. The number of halogens is 1. The molecule has 1 unspecified atom stereocenters. The lowest BCUT2D eigenvalue weighted by Gasteiger charge is -2.17. The maximum atomic E-state index is 13.6. The average molecular weight is 304 g/mol. The Morgan fingerprint density at radius 3 is 2.59 bits per heavy atom. The lowest BCUT2D eigenvalue weighted by Crippen LogP contribution is -2.34. The standard InChI is InChI=1S/C16H17FN2O3/c1-22-15-8-7-12(9-13(15)17)18-16(21)19-14(10-20)11-5-3-2-4-6-11/h2-9,14,20H,10H2,1H3,(H2,18,19,21). The molecular weight excluding hydrogens is 287 g/mol. The first kappa shape index (κ1) is 15.8. The van der Waals surface area contributed by atoms with E-state index in [0.717, 1.165) is 11.6 Å². The van der Waals surface area contributed by atoms with Crippen LogP contribution in [0.5, 0.6) is 5.75 Å². The third-order valence-electron chi connectivity index (χ3n) is 3.10. The molecule has 5 nitrogen and oxygen atoms in total. The molecule has 2 amide bonds. The van der Waals surface area contributed by atoms with Gasteiger partial charge >= 0.3 is 6.03 Å². The molecule has 6 heteroatoms. The van der Waals surface area contributed by atoms with Gasteiger partial charge in [0, 0.05) is 11.8 Å². The summed E-state index contributed by atoms with van der Waals surface area (Å²) >= 11 is 0. The molecule has 0 aliphatic rings. The number of methoxy groups -OCH3 is 1. The zero-order valence-corrected chi connectivity index (χ0v) is 12.0. The zero-order chi connectivity index (χ0) is 15.9. The van der Waals surface area contributed by atoms with Crippen molar-refractivity contribution in [2.24, 2.45) is 0 Å². The summed E-state index contributed by atoms with van der Waals surface area (Å²) in [5.74, 6) is -0.467. The summed E-state index contributed by atoms with van der Waals surface area (Å²) < 4.78 is 18.4. The lowest BCUT2D eigenvalue weighted by molar-refractivity contribution is 0.225. The Bertz CT molecular complexity index is 635. The molecule has 0 radical (unpaired) electrons. The number of amides is 2. The minimum atomic E-state index is -0.568. The number of hydrogen-bond donors (Lipinski definition) is 3. The first-order valence-electron chi connectivity index (χ1n) is 6.71. The lowest BCUT2D eigenvalue weighted by atomic mass is 10.1. The number of aliphatic hydroxyl groups is 1. The molecule has 0 bridgehead atoms. The van der Waals surface area contributed by atoms with Crippen molar-refractivity contribution in [2.75, 3.05) is 19.0 Å². The fraction of sp³-hybridized carbons (Fsp3) is 0.188. The molecule has 2 rings (SSSR count). The number of carbonyl (C=O) groups excluding carboxylic acids is 1. The van der Waals surface area contributed by atoms with Gasteiger partial charge in [0.2, 0.25) is 0 Å². The second kappa shape index (κ2) is 7.42. The van der Waals surface area contributed by atoms with E-state index in [4.69, 9.17) is 4.74 Å². The largest absolute Gasteiger partial charge is 0.494 e. The molecule has 0 aliphatic carbocycles.